The first-order valence-electron chi connectivity index (χ1n) is 9.70. The highest BCUT2D eigenvalue weighted by Crippen LogP contribution is 2.46. The maximum absolute atomic E-state index is 13.2. The number of methoxy groups -OCH3 is 1. The fourth-order valence-corrected chi connectivity index (χ4v) is 3.98. The van der Waals surface area contributed by atoms with Crippen molar-refractivity contribution in [3.63, 3.8) is 0 Å². The Morgan fingerprint density at radius 1 is 1.10 bits per heavy atom. The average molecular weight is 397 g/mol. The van der Waals surface area contributed by atoms with Gasteiger partial charge in [-0.05, 0) is 50.5 Å². The average Bonchev–Trinajstić information content (AvgIpc) is 2.90. The number of fused-ring (bicyclic) bond motifs is 1. The third-order valence-corrected chi connectivity index (χ3v) is 5.23. The number of aryl methyl sites for hydroxylation is 2. The van der Waals surface area contributed by atoms with Crippen LogP contribution in [0.2, 0.25) is 0 Å². The molecule has 2 aromatic rings. The standard InChI is InChI=1S/C23H27NO5/c1-15-10-11-16(2)21-20(15)23(27,14-17(3)25)22(26)24(21)12-7-13-29-19-9-6-5-8-18(19)28-4/h5-6,8-11,27H,7,12-14H2,1-4H3. The third-order valence-electron chi connectivity index (χ3n) is 5.23. The molecular formula is C23H27NO5. The van der Waals surface area contributed by atoms with Gasteiger partial charge >= 0.3 is 0 Å². The number of nitrogens with zero attached hydrogens (tertiary/aromatic N) is 1. The summed E-state index contributed by atoms with van der Waals surface area (Å²) >= 11 is 0. The quantitative estimate of drug-likeness (QED) is 0.692. The third kappa shape index (κ3) is 3.85. The second-order valence-electron chi connectivity index (χ2n) is 7.47. The molecule has 0 saturated carbocycles. The summed E-state index contributed by atoms with van der Waals surface area (Å²) in [5.41, 5.74) is 1.14. The fraction of sp³-hybridized carbons (Fsp3) is 0.391. The number of amides is 1. The SMILES string of the molecule is COc1ccccc1OCCCN1C(=O)C(O)(CC(C)=O)c2c(C)ccc(C)c21. The molecule has 1 atom stereocenters. The van der Waals surface area contributed by atoms with E-state index in [2.05, 4.69) is 0 Å². The summed E-state index contributed by atoms with van der Waals surface area (Å²) in [5.74, 6) is 0.618. The first-order valence-corrected chi connectivity index (χ1v) is 9.70. The van der Waals surface area contributed by atoms with Gasteiger partial charge in [0, 0.05) is 18.5 Å². The second-order valence-corrected chi connectivity index (χ2v) is 7.47. The van der Waals surface area contributed by atoms with E-state index in [0.29, 0.717) is 42.3 Å². The number of hydrogen-bond acceptors (Lipinski definition) is 5. The Morgan fingerprint density at radius 3 is 2.41 bits per heavy atom. The van der Waals surface area contributed by atoms with E-state index in [1.165, 1.54) is 6.92 Å². The Balaban J connectivity index is 1.79. The molecule has 0 bridgehead atoms. The maximum Gasteiger partial charge on any atom is 0.264 e. The van der Waals surface area contributed by atoms with Crippen molar-refractivity contribution in [2.75, 3.05) is 25.2 Å². The van der Waals surface area contributed by atoms with Crippen molar-refractivity contribution in [1.29, 1.82) is 0 Å². The molecule has 1 aliphatic rings. The number of ether oxygens (including phenoxy) is 2. The highest BCUT2D eigenvalue weighted by atomic mass is 16.5. The molecule has 3 rings (SSSR count). The topological polar surface area (TPSA) is 76.1 Å². The summed E-state index contributed by atoms with van der Waals surface area (Å²) in [6.45, 7) is 5.91. The highest BCUT2D eigenvalue weighted by molar-refractivity contribution is 6.09. The summed E-state index contributed by atoms with van der Waals surface area (Å²) in [4.78, 5) is 26.5. The molecule has 0 spiro atoms. The predicted octanol–water partition coefficient (Wildman–Crippen LogP) is 3.29. The van der Waals surface area contributed by atoms with Crippen LogP contribution in [0.25, 0.3) is 0 Å². The first-order chi connectivity index (χ1) is 13.8. The van der Waals surface area contributed by atoms with Crippen molar-refractivity contribution in [3.05, 3.63) is 53.1 Å². The van der Waals surface area contributed by atoms with Gasteiger partial charge in [0.2, 0.25) is 0 Å². The van der Waals surface area contributed by atoms with E-state index in [0.717, 1.165) is 11.1 Å². The predicted molar refractivity (Wildman–Crippen MR) is 111 cm³/mol. The number of ketones is 1. The normalized spacial score (nSPS) is 18.0. The zero-order valence-electron chi connectivity index (χ0n) is 17.3. The Morgan fingerprint density at radius 2 is 1.76 bits per heavy atom. The molecular weight excluding hydrogens is 370 g/mol. The molecule has 29 heavy (non-hydrogen) atoms. The number of carbonyl (C=O) groups excluding carboxylic acids is 2. The van der Waals surface area contributed by atoms with Crippen LogP contribution in [0.1, 0.15) is 36.5 Å². The van der Waals surface area contributed by atoms with Gasteiger partial charge in [-0.3, -0.25) is 9.59 Å². The lowest BCUT2D eigenvalue weighted by molar-refractivity contribution is -0.141. The van der Waals surface area contributed by atoms with Crippen LogP contribution in [0.5, 0.6) is 11.5 Å². The van der Waals surface area contributed by atoms with Gasteiger partial charge in [-0.25, -0.2) is 0 Å². The molecule has 0 saturated heterocycles. The van der Waals surface area contributed by atoms with Crippen molar-refractivity contribution >= 4 is 17.4 Å². The number of benzene rings is 2. The molecule has 1 N–H and O–H groups in total. The van der Waals surface area contributed by atoms with Crippen molar-refractivity contribution in [1.82, 2.24) is 0 Å². The van der Waals surface area contributed by atoms with Gasteiger partial charge in [-0.2, -0.15) is 0 Å². The number of anilines is 1. The van der Waals surface area contributed by atoms with E-state index in [-0.39, 0.29) is 12.2 Å². The van der Waals surface area contributed by atoms with Gasteiger partial charge in [-0.15, -0.1) is 0 Å². The monoisotopic (exact) mass is 397 g/mol. The van der Waals surface area contributed by atoms with E-state index in [9.17, 15) is 14.7 Å². The Kier molecular flexibility index (Phi) is 5.94. The number of hydrogen-bond donors (Lipinski definition) is 1. The van der Waals surface area contributed by atoms with Crippen LogP contribution in [0.15, 0.2) is 36.4 Å². The molecule has 154 valence electrons. The van der Waals surface area contributed by atoms with Crippen LogP contribution in [-0.2, 0) is 15.2 Å². The van der Waals surface area contributed by atoms with Crippen molar-refractivity contribution in [3.8, 4) is 11.5 Å². The van der Waals surface area contributed by atoms with Crippen LogP contribution in [0.4, 0.5) is 5.69 Å². The zero-order chi connectivity index (χ0) is 21.2. The fourth-order valence-electron chi connectivity index (χ4n) is 3.98. The van der Waals surface area contributed by atoms with E-state index in [4.69, 9.17) is 9.47 Å². The molecule has 2 aromatic carbocycles. The smallest absolute Gasteiger partial charge is 0.264 e. The van der Waals surface area contributed by atoms with Crippen LogP contribution in [-0.4, -0.2) is 37.1 Å². The second kappa shape index (κ2) is 8.25. The van der Waals surface area contributed by atoms with E-state index in [1.807, 2.05) is 50.2 Å². The van der Waals surface area contributed by atoms with Gasteiger partial charge < -0.3 is 19.5 Å². The number of aliphatic hydroxyl groups is 1. The van der Waals surface area contributed by atoms with Gasteiger partial charge in [0.05, 0.1) is 19.4 Å². The zero-order valence-corrected chi connectivity index (χ0v) is 17.3. The Hall–Kier alpha value is -2.86. The summed E-state index contributed by atoms with van der Waals surface area (Å²) in [5, 5.41) is 11.2. The van der Waals surface area contributed by atoms with Crippen molar-refractivity contribution in [2.45, 2.75) is 39.2 Å². The molecule has 0 aromatic heterocycles. The molecule has 0 fully saturated rings. The van der Waals surface area contributed by atoms with Crippen molar-refractivity contribution in [2.24, 2.45) is 0 Å². The number of para-hydroxylation sites is 2. The van der Waals surface area contributed by atoms with Gasteiger partial charge in [0.1, 0.15) is 5.78 Å². The Bertz CT molecular complexity index is 939. The molecule has 0 radical (unpaired) electrons. The number of rotatable bonds is 8. The lowest BCUT2D eigenvalue weighted by Crippen LogP contribution is -2.42. The molecule has 6 nitrogen and oxygen atoms in total. The maximum atomic E-state index is 13.2. The summed E-state index contributed by atoms with van der Waals surface area (Å²) < 4.78 is 11.1. The lowest BCUT2D eigenvalue weighted by atomic mass is 9.86. The highest BCUT2D eigenvalue weighted by Gasteiger charge is 2.51. The van der Waals surface area contributed by atoms with E-state index in [1.54, 1.807) is 12.0 Å². The summed E-state index contributed by atoms with van der Waals surface area (Å²) in [6, 6.07) is 11.2. The number of carbonyl (C=O) groups is 2. The first kappa shape index (κ1) is 20.9. The lowest BCUT2D eigenvalue weighted by Gasteiger charge is -2.23. The molecule has 6 heteroatoms. The largest absolute Gasteiger partial charge is 0.493 e. The van der Waals surface area contributed by atoms with Crippen LogP contribution in [0, 0.1) is 13.8 Å². The molecule has 1 aliphatic heterocycles. The molecule has 0 aliphatic carbocycles. The number of Topliss-reactive ketones (excluding diaryl/α,β-unsaturated/α-hetero) is 1. The van der Waals surface area contributed by atoms with Gasteiger partial charge in [0.25, 0.3) is 5.91 Å². The minimum atomic E-state index is -1.80. The minimum Gasteiger partial charge on any atom is -0.493 e. The van der Waals surface area contributed by atoms with Crippen LogP contribution >= 0.6 is 0 Å². The van der Waals surface area contributed by atoms with Crippen molar-refractivity contribution < 1.29 is 24.2 Å². The van der Waals surface area contributed by atoms with E-state index < -0.39 is 11.5 Å². The summed E-state index contributed by atoms with van der Waals surface area (Å²) in [7, 11) is 1.59. The van der Waals surface area contributed by atoms with Crippen LogP contribution in [0.3, 0.4) is 0 Å². The summed E-state index contributed by atoms with van der Waals surface area (Å²) in [6.07, 6.45) is 0.337. The minimum absolute atomic E-state index is 0.225. The van der Waals surface area contributed by atoms with E-state index >= 15 is 0 Å². The molecule has 1 unspecified atom stereocenters. The molecule has 1 heterocycles. The van der Waals surface area contributed by atoms with Crippen LogP contribution < -0.4 is 14.4 Å². The van der Waals surface area contributed by atoms with Gasteiger partial charge in [-0.1, -0.05) is 24.3 Å². The molecule has 1 amide bonds. The van der Waals surface area contributed by atoms with Gasteiger partial charge in [0.15, 0.2) is 17.1 Å². The Labute approximate surface area is 171 Å².